The van der Waals surface area contributed by atoms with Crippen molar-refractivity contribution in [3.63, 3.8) is 0 Å². The number of amides is 1. The smallest absolute Gasteiger partial charge is 0.360 e. The van der Waals surface area contributed by atoms with Gasteiger partial charge >= 0.3 is 5.97 Å². The van der Waals surface area contributed by atoms with Gasteiger partial charge in [-0.05, 0) is 30.0 Å². The van der Waals surface area contributed by atoms with Crippen molar-refractivity contribution in [1.29, 1.82) is 0 Å². The van der Waals surface area contributed by atoms with E-state index in [0.29, 0.717) is 25.4 Å². The van der Waals surface area contributed by atoms with E-state index in [1.807, 2.05) is 24.3 Å². The summed E-state index contributed by atoms with van der Waals surface area (Å²) in [5.41, 5.74) is 1.19. The van der Waals surface area contributed by atoms with Crippen LogP contribution in [-0.4, -0.2) is 65.1 Å². The molecule has 2 aromatic rings. The monoisotopic (exact) mass is 443 g/mol. The molecule has 0 radical (unpaired) electrons. The van der Waals surface area contributed by atoms with Gasteiger partial charge in [-0.15, -0.1) is 5.10 Å². The minimum absolute atomic E-state index is 0.00239. The molecular weight excluding hydrogens is 410 g/mol. The van der Waals surface area contributed by atoms with Crippen molar-refractivity contribution < 1.29 is 19.1 Å². The average Bonchev–Trinajstić information content (AvgIpc) is 3.48. The summed E-state index contributed by atoms with van der Waals surface area (Å²) < 4.78 is 11.6. The molecule has 174 valence electrons. The topological polar surface area (TPSA) is 98.6 Å². The molecule has 1 N–H and O–H groups in total. The van der Waals surface area contributed by atoms with Crippen molar-refractivity contribution in [3.05, 3.63) is 41.7 Å². The molecule has 1 amide bonds. The summed E-state index contributed by atoms with van der Waals surface area (Å²) in [5.74, 6) is 0.792. The number of hydrogen-bond donors (Lipinski definition) is 1. The number of rotatable bonds is 10. The lowest BCUT2D eigenvalue weighted by Gasteiger charge is -2.27. The Morgan fingerprint density at radius 3 is 2.53 bits per heavy atom. The van der Waals surface area contributed by atoms with Gasteiger partial charge in [-0.2, -0.15) is 0 Å². The van der Waals surface area contributed by atoms with Crippen LogP contribution in [0.1, 0.15) is 55.2 Å². The highest BCUT2D eigenvalue weighted by atomic mass is 16.5. The maximum atomic E-state index is 13.2. The molecule has 2 atom stereocenters. The molecule has 1 aliphatic heterocycles. The number of carbonyl (C=O) groups is 2. The first-order valence-corrected chi connectivity index (χ1v) is 11.1. The molecule has 0 spiro atoms. The lowest BCUT2D eigenvalue weighted by atomic mass is 10.0. The van der Waals surface area contributed by atoms with Crippen LogP contribution in [0.4, 0.5) is 0 Å². The highest BCUT2D eigenvalue weighted by molar-refractivity contribution is 5.86. The number of aromatic nitrogens is 3. The normalized spacial score (nSPS) is 18.7. The van der Waals surface area contributed by atoms with Gasteiger partial charge in [0.25, 0.3) is 0 Å². The molecule has 1 aromatic heterocycles. The Morgan fingerprint density at radius 1 is 1.19 bits per heavy atom. The summed E-state index contributed by atoms with van der Waals surface area (Å²) in [6.07, 6.45) is 4.34. The van der Waals surface area contributed by atoms with Crippen LogP contribution in [0, 0.1) is 5.92 Å². The Kier molecular flexibility index (Phi) is 8.21. The van der Waals surface area contributed by atoms with Crippen molar-refractivity contribution in [2.75, 3.05) is 27.3 Å². The second-order valence-corrected chi connectivity index (χ2v) is 8.18. The zero-order chi connectivity index (χ0) is 23.1. The number of methoxy groups -OCH3 is 2. The van der Waals surface area contributed by atoms with Crippen LogP contribution in [0.3, 0.4) is 0 Å². The third-order valence-electron chi connectivity index (χ3n) is 6.24. The van der Waals surface area contributed by atoms with Crippen LogP contribution < -0.4 is 10.1 Å². The van der Waals surface area contributed by atoms with Gasteiger partial charge in [0.1, 0.15) is 5.75 Å². The number of carbonyl (C=O) groups excluding carboxylic acids is 2. The summed E-state index contributed by atoms with van der Waals surface area (Å²) in [5, 5.41) is 11.1. The predicted octanol–water partition coefficient (Wildman–Crippen LogP) is 2.44. The molecule has 9 heteroatoms. The second kappa shape index (κ2) is 11.1. The molecule has 0 bridgehead atoms. The molecule has 0 saturated carbocycles. The van der Waals surface area contributed by atoms with E-state index in [1.165, 1.54) is 7.11 Å². The molecular formula is C23H33N5O4. The lowest BCUT2D eigenvalue weighted by molar-refractivity contribution is -0.125. The molecule has 3 rings (SSSR count). The van der Waals surface area contributed by atoms with Gasteiger partial charge in [0.2, 0.25) is 5.91 Å². The van der Waals surface area contributed by atoms with Crippen molar-refractivity contribution in [2.24, 2.45) is 5.92 Å². The number of benzene rings is 1. The van der Waals surface area contributed by atoms with Gasteiger partial charge in [-0.1, -0.05) is 44.0 Å². The first-order chi connectivity index (χ1) is 15.5. The van der Waals surface area contributed by atoms with Crippen LogP contribution in [0.25, 0.3) is 0 Å². The molecule has 32 heavy (non-hydrogen) atoms. The van der Waals surface area contributed by atoms with Crippen LogP contribution in [0.2, 0.25) is 0 Å². The number of nitrogens with one attached hydrogen (secondary N) is 1. The molecule has 1 aliphatic rings. The molecule has 9 nitrogen and oxygen atoms in total. The van der Waals surface area contributed by atoms with E-state index < -0.39 is 5.97 Å². The minimum Gasteiger partial charge on any atom is -0.497 e. The SMILES string of the molecule is CCC(CC)CN1C[C@H](n2cc(C(=O)OC)nn2)C[C@H]1C(=O)NCc1ccc(OC)cc1. The second-order valence-electron chi connectivity index (χ2n) is 8.18. The fraction of sp³-hybridized carbons (Fsp3) is 0.565. The lowest BCUT2D eigenvalue weighted by Crippen LogP contribution is -2.44. The largest absolute Gasteiger partial charge is 0.497 e. The molecule has 0 unspecified atom stereocenters. The maximum absolute atomic E-state index is 13.2. The third-order valence-corrected chi connectivity index (χ3v) is 6.24. The molecule has 1 saturated heterocycles. The van der Waals surface area contributed by atoms with E-state index in [1.54, 1.807) is 18.0 Å². The van der Waals surface area contributed by atoms with Gasteiger partial charge < -0.3 is 14.8 Å². The number of esters is 1. The number of hydrogen-bond acceptors (Lipinski definition) is 7. The Morgan fingerprint density at radius 2 is 1.91 bits per heavy atom. The van der Waals surface area contributed by atoms with E-state index in [0.717, 1.165) is 30.7 Å². The van der Waals surface area contributed by atoms with Crippen LogP contribution >= 0.6 is 0 Å². The van der Waals surface area contributed by atoms with Gasteiger partial charge in [0.05, 0.1) is 32.5 Å². The van der Waals surface area contributed by atoms with Crippen molar-refractivity contribution in [1.82, 2.24) is 25.2 Å². The Bertz CT molecular complexity index is 894. The van der Waals surface area contributed by atoms with E-state index in [2.05, 4.69) is 34.4 Å². The Balaban J connectivity index is 1.70. The predicted molar refractivity (Wildman–Crippen MR) is 119 cm³/mol. The van der Waals surface area contributed by atoms with Gasteiger partial charge in [-0.25, -0.2) is 9.48 Å². The summed E-state index contributed by atoms with van der Waals surface area (Å²) in [6, 6.07) is 7.37. The highest BCUT2D eigenvalue weighted by Gasteiger charge is 2.38. The molecule has 0 aliphatic carbocycles. The standard InChI is InChI=1S/C23H33N5O4/c1-5-16(6-2)13-27-14-18(28-15-20(25-26-28)23(30)32-4)11-21(27)22(29)24-12-17-7-9-19(31-3)10-8-17/h7-10,15-16,18,21H,5-6,11-14H2,1-4H3,(H,24,29)/t18-,21+/m1/s1. The summed E-state index contributed by atoms with van der Waals surface area (Å²) >= 11 is 0. The minimum atomic E-state index is -0.517. The number of ether oxygens (including phenoxy) is 2. The van der Waals surface area contributed by atoms with Gasteiger partial charge in [0.15, 0.2) is 5.69 Å². The number of likely N-dealkylation sites (tertiary alicyclic amines) is 1. The molecule has 2 heterocycles. The zero-order valence-electron chi connectivity index (χ0n) is 19.3. The summed E-state index contributed by atoms with van der Waals surface area (Å²) in [6.45, 7) is 6.35. The maximum Gasteiger partial charge on any atom is 0.360 e. The van der Waals surface area contributed by atoms with Gasteiger partial charge in [0, 0.05) is 19.6 Å². The van der Waals surface area contributed by atoms with E-state index >= 15 is 0 Å². The average molecular weight is 444 g/mol. The van der Waals surface area contributed by atoms with Crippen LogP contribution in [0.15, 0.2) is 30.5 Å². The van der Waals surface area contributed by atoms with Crippen molar-refractivity contribution >= 4 is 11.9 Å². The Hall–Kier alpha value is -2.94. The zero-order valence-corrected chi connectivity index (χ0v) is 19.3. The van der Waals surface area contributed by atoms with E-state index in [-0.39, 0.29) is 23.7 Å². The summed E-state index contributed by atoms with van der Waals surface area (Å²) in [4.78, 5) is 27.1. The first kappa shape index (κ1) is 23.7. The molecule has 1 fully saturated rings. The van der Waals surface area contributed by atoms with Crippen LogP contribution in [0.5, 0.6) is 5.75 Å². The number of nitrogens with zero attached hydrogens (tertiary/aromatic N) is 4. The fourth-order valence-corrected chi connectivity index (χ4v) is 4.13. The van der Waals surface area contributed by atoms with Crippen molar-refractivity contribution in [2.45, 2.75) is 51.7 Å². The summed E-state index contributed by atoms with van der Waals surface area (Å²) in [7, 11) is 2.95. The van der Waals surface area contributed by atoms with Crippen LogP contribution in [-0.2, 0) is 16.1 Å². The van der Waals surface area contributed by atoms with Gasteiger partial charge in [-0.3, -0.25) is 9.69 Å². The van der Waals surface area contributed by atoms with E-state index in [9.17, 15) is 9.59 Å². The fourth-order valence-electron chi connectivity index (χ4n) is 4.13. The van der Waals surface area contributed by atoms with E-state index in [4.69, 9.17) is 9.47 Å². The molecule has 1 aromatic carbocycles. The Labute approximate surface area is 189 Å². The highest BCUT2D eigenvalue weighted by Crippen LogP contribution is 2.29. The third kappa shape index (κ3) is 5.64. The first-order valence-electron chi connectivity index (χ1n) is 11.1. The quantitative estimate of drug-likeness (QED) is 0.563. The van der Waals surface area contributed by atoms with Crippen molar-refractivity contribution in [3.8, 4) is 5.75 Å².